The first-order chi connectivity index (χ1) is 14.1. The molecule has 0 aliphatic carbocycles. The Kier molecular flexibility index (Phi) is 9.28. The fraction of sp³-hybridized carbons (Fsp3) is 0.217. The van der Waals surface area contributed by atoms with E-state index in [1.54, 1.807) is 12.1 Å². The first kappa shape index (κ1) is 23.3. The van der Waals surface area contributed by atoms with Crippen molar-refractivity contribution in [1.29, 1.82) is 0 Å². The van der Waals surface area contributed by atoms with Gasteiger partial charge in [0.15, 0.2) is 5.75 Å². The molecule has 0 aliphatic rings. The number of hydrogen-bond acceptors (Lipinski definition) is 5. The number of rotatable bonds is 10. The van der Waals surface area contributed by atoms with E-state index in [-0.39, 0.29) is 30.5 Å². The minimum absolute atomic E-state index is 0. The van der Waals surface area contributed by atoms with Crippen molar-refractivity contribution in [2.45, 2.75) is 19.1 Å². The quantitative estimate of drug-likeness (QED) is 0.283. The third kappa shape index (κ3) is 6.84. The molecular formula is C23H25ClN2O4. The molecule has 3 rings (SSSR count). The van der Waals surface area contributed by atoms with Crippen molar-refractivity contribution in [3.63, 3.8) is 0 Å². The van der Waals surface area contributed by atoms with Crippen molar-refractivity contribution in [3.8, 4) is 5.75 Å². The predicted octanol–water partition coefficient (Wildman–Crippen LogP) is 4.46. The van der Waals surface area contributed by atoms with Crippen molar-refractivity contribution >= 4 is 18.1 Å². The Hall–Kier alpha value is -2.93. The van der Waals surface area contributed by atoms with Gasteiger partial charge in [0, 0.05) is 12.6 Å². The molecule has 0 radical (unpaired) electrons. The van der Waals surface area contributed by atoms with Gasteiger partial charge in [-0.3, -0.25) is 10.1 Å². The van der Waals surface area contributed by atoms with Gasteiger partial charge in [-0.1, -0.05) is 60.7 Å². The molecule has 158 valence electrons. The standard InChI is InChI=1S/C23H24N2O4.ClH/c26-22(16-24-14-13-18-7-3-1-4-8-18)20-11-12-21(25(27)28)23(15-20)29-17-19-9-5-2-6-10-19;/h1-12,15,22,24,26H,13-14,16-17H2;1H. The zero-order valence-corrected chi connectivity index (χ0v) is 17.3. The minimum Gasteiger partial charge on any atom is -0.482 e. The molecule has 1 atom stereocenters. The molecule has 0 aromatic heterocycles. The van der Waals surface area contributed by atoms with Crippen molar-refractivity contribution in [2.24, 2.45) is 0 Å². The molecule has 0 aliphatic heterocycles. The van der Waals surface area contributed by atoms with Gasteiger partial charge in [0.1, 0.15) is 6.61 Å². The van der Waals surface area contributed by atoms with Crippen LogP contribution in [-0.2, 0) is 13.0 Å². The Morgan fingerprint density at radius 1 is 0.967 bits per heavy atom. The minimum atomic E-state index is -0.786. The van der Waals surface area contributed by atoms with E-state index in [2.05, 4.69) is 17.4 Å². The first-order valence-electron chi connectivity index (χ1n) is 9.51. The van der Waals surface area contributed by atoms with Crippen molar-refractivity contribution in [2.75, 3.05) is 13.1 Å². The van der Waals surface area contributed by atoms with Crippen LogP contribution in [0.2, 0.25) is 0 Å². The van der Waals surface area contributed by atoms with Crippen LogP contribution in [0.15, 0.2) is 78.9 Å². The number of halogens is 1. The van der Waals surface area contributed by atoms with Gasteiger partial charge in [-0.25, -0.2) is 0 Å². The molecule has 0 bridgehead atoms. The molecule has 6 nitrogen and oxygen atoms in total. The molecule has 0 amide bonds. The van der Waals surface area contributed by atoms with Crippen LogP contribution in [0.1, 0.15) is 22.8 Å². The van der Waals surface area contributed by atoms with Crippen molar-refractivity contribution in [3.05, 3.63) is 106 Å². The van der Waals surface area contributed by atoms with Gasteiger partial charge in [0.05, 0.1) is 11.0 Å². The van der Waals surface area contributed by atoms with E-state index in [4.69, 9.17) is 4.74 Å². The maximum absolute atomic E-state index is 11.3. The van der Waals surface area contributed by atoms with Crippen LogP contribution >= 0.6 is 12.4 Å². The summed E-state index contributed by atoms with van der Waals surface area (Å²) in [5.41, 5.74) is 2.59. The molecular weight excluding hydrogens is 404 g/mol. The smallest absolute Gasteiger partial charge is 0.310 e. The zero-order chi connectivity index (χ0) is 20.5. The predicted molar refractivity (Wildman–Crippen MR) is 119 cm³/mol. The fourth-order valence-corrected chi connectivity index (χ4v) is 2.97. The number of nitro groups is 1. The van der Waals surface area contributed by atoms with E-state index in [1.807, 2.05) is 48.5 Å². The van der Waals surface area contributed by atoms with Crippen LogP contribution in [0, 0.1) is 10.1 Å². The summed E-state index contributed by atoms with van der Waals surface area (Å²) >= 11 is 0. The summed E-state index contributed by atoms with van der Waals surface area (Å²) in [6.07, 6.45) is 0.0739. The van der Waals surface area contributed by atoms with Gasteiger partial charge in [-0.2, -0.15) is 0 Å². The van der Waals surface area contributed by atoms with Crippen LogP contribution in [0.4, 0.5) is 5.69 Å². The van der Waals surface area contributed by atoms with Gasteiger partial charge in [0.2, 0.25) is 0 Å². The summed E-state index contributed by atoms with van der Waals surface area (Å²) in [6, 6.07) is 24.0. The number of benzene rings is 3. The van der Waals surface area contributed by atoms with Gasteiger partial charge in [-0.15, -0.1) is 12.4 Å². The fourth-order valence-electron chi connectivity index (χ4n) is 2.97. The average Bonchev–Trinajstić information content (AvgIpc) is 2.76. The number of ether oxygens (including phenoxy) is 1. The largest absolute Gasteiger partial charge is 0.482 e. The molecule has 1 unspecified atom stereocenters. The lowest BCUT2D eigenvalue weighted by Gasteiger charge is -2.14. The lowest BCUT2D eigenvalue weighted by Crippen LogP contribution is -2.23. The van der Waals surface area contributed by atoms with Crippen molar-refractivity contribution in [1.82, 2.24) is 5.32 Å². The number of aliphatic hydroxyl groups is 1. The van der Waals surface area contributed by atoms with Crippen LogP contribution in [0.3, 0.4) is 0 Å². The molecule has 3 aromatic carbocycles. The van der Waals surface area contributed by atoms with E-state index < -0.39 is 11.0 Å². The van der Waals surface area contributed by atoms with E-state index in [0.29, 0.717) is 12.1 Å². The van der Waals surface area contributed by atoms with Crippen LogP contribution in [-0.4, -0.2) is 23.1 Å². The number of aliphatic hydroxyl groups excluding tert-OH is 1. The number of nitrogens with zero attached hydrogens (tertiary/aromatic N) is 1. The molecule has 0 heterocycles. The summed E-state index contributed by atoms with van der Waals surface area (Å²) in [7, 11) is 0. The lowest BCUT2D eigenvalue weighted by atomic mass is 10.1. The Labute approximate surface area is 182 Å². The highest BCUT2D eigenvalue weighted by molar-refractivity contribution is 5.85. The second-order valence-electron chi connectivity index (χ2n) is 6.71. The third-order valence-electron chi connectivity index (χ3n) is 4.57. The van der Waals surface area contributed by atoms with Gasteiger partial charge in [0.25, 0.3) is 0 Å². The number of hydrogen-bond donors (Lipinski definition) is 2. The summed E-state index contributed by atoms with van der Waals surface area (Å²) in [4.78, 5) is 10.8. The summed E-state index contributed by atoms with van der Waals surface area (Å²) < 4.78 is 5.69. The Bertz CT molecular complexity index is 923. The van der Waals surface area contributed by atoms with Crippen LogP contribution in [0.25, 0.3) is 0 Å². The lowest BCUT2D eigenvalue weighted by molar-refractivity contribution is -0.386. The van der Waals surface area contributed by atoms with E-state index in [1.165, 1.54) is 11.6 Å². The second-order valence-corrected chi connectivity index (χ2v) is 6.71. The molecule has 30 heavy (non-hydrogen) atoms. The van der Waals surface area contributed by atoms with E-state index in [0.717, 1.165) is 18.5 Å². The summed E-state index contributed by atoms with van der Waals surface area (Å²) in [6.45, 7) is 1.30. The summed E-state index contributed by atoms with van der Waals surface area (Å²) in [5.74, 6) is 0.152. The monoisotopic (exact) mass is 428 g/mol. The van der Waals surface area contributed by atoms with E-state index in [9.17, 15) is 15.2 Å². The van der Waals surface area contributed by atoms with E-state index >= 15 is 0 Å². The highest BCUT2D eigenvalue weighted by Crippen LogP contribution is 2.30. The van der Waals surface area contributed by atoms with Gasteiger partial charge in [-0.05, 0) is 41.8 Å². The second kappa shape index (κ2) is 11.9. The maximum atomic E-state index is 11.3. The van der Waals surface area contributed by atoms with Crippen LogP contribution < -0.4 is 10.1 Å². The van der Waals surface area contributed by atoms with Crippen LogP contribution in [0.5, 0.6) is 5.75 Å². The third-order valence-corrected chi connectivity index (χ3v) is 4.57. The molecule has 7 heteroatoms. The Morgan fingerprint density at radius 3 is 2.23 bits per heavy atom. The number of nitrogens with one attached hydrogen (secondary N) is 1. The van der Waals surface area contributed by atoms with Crippen molar-refractivity contribution < 1.29 is 14.8 Å². The molecule has 0 fully saturated rings. The summed E-state index contributed by atoms with van der Waals surface area (Å²) in [5, 5.41) is 25.0. The topological polar surface area (TPSA) is 84.6 Å². The average molecular weight is 429 g/mol. The molecule has 0 saturated carbocycles. The highest BCUT2D eigenvalue weighted by atomic mass is 35.5. The molecule has 0 saturated heterocycles. The number of nitro benzene ring substituents is 1. The van der Waals surface area contributed by atoms with Gasteiger partial charge < -0.3 is 15.2 Å². The Morgan fingerprint density at radius 2 is 1.60 bits per heavy atom. The first-order valence-corrected chi connectivity index (χ1v) is 9.51. The SMILES string of the molecule is Cl.O=[N+]([O-])c1ccc(C(O)CNCCc2ccccc2)cc1OCc1ccccc1. The molecule has 3 aromatic rings. The molecule has 0 spiro atoms. The maximum Gasteiger partial charge on any atom is 0.310 e. The molecule has 2 N–H and O–H groups in total. The normalized spacial score (nSPS) is 11.4. The van der Waals surface area contributed by atoms with Gasteiger partial charge >= 0.3 is 5.69 Å². The highest BCUT2D eigenvalue weighted by Gasteiger charge is 2.18. The zero-order valence-electron chi connectivity index (χ0n) is 16.4. The Balaban J connectivity index is 0.00000320.